The number of piperazine rings is 1. The summed E-state index contributed by atoms with van der Waals surface area (Å²) in [4.78, 5) is 30.6. The van der Waals surface area contributed by atoms with Crippen LogP contribution < -0.4 is 5.32 Å². The highest BCUT2D eigenvalue weighted by molar-refractivity contribution is 6.42. The van der Waals surface area contributed by atoms with Crippen LogP contribution in [0, 0.1) is 0 Å². The number of alkyl halides is 3. The second-order valence-corrected chi connectivity index (χ2v) is 11.7. The number of hydrogen-bond donors (Lipinski definition) is 1. The fourth-order valence-corrected chi connectivity index (χ4v) is 6.49. The topological polar surface area (TPSA) is 52.7 Å². The van der Waals surface area contributed by atoms with Crippen molar-refractivity contribution in [3.05, 3.63) is 93.5 Å². The summed E-state index contributed by atoms with van der Waals surface area (Å²) in [6.07, 6.45) is -2.42. The van der Waals surface area contributed by atoms with Gasteiger partial charge in [0.05, 0.1) is 16.5 Å². The number of benzene rings is 3. The van der Waals surface area contributed by atoms with Crippen molar-refractivity contribution in [1.29, 1.82) is 0 Å². The molecule has 10 heteroatoms. The van der Waals surface area contributed by atoms with Crippen LogP contribution in [0.15, 0.2) is 66.7 Å². The molecule has 1 saturated heterocycles. The van der Waals surface area contributed by atoms with Crippen molar-refractivity contribution < 1.29 is 22.8 Å². The maximum absolute atomic E-state index is 13.6. The van der Waals surface area contributed by atoms with E-state index >= 15 is 0 Å². The second kappa shape index (κ2) is 12.7. The average molecular weight is 619 g/mol. The molecule has 0 unspecified atom stereocenters. The predicted molar refractivity (Wildman–Crippen MR) is 159 cm³/mol. The number of halogens is 5. The number of fused-ring (bicyclic) bond motifs is 3. The molecule has 5 nitrogen and oxygen atoms in total. The van der Waals surface area contributed by atoms with Crippen molar-refractivity contribution in [3.8, 4) is 11.1 Å². The van der Waals surface area contributed by atoms with Crippen LogP contribution in [-0.2, 0) is 21.4 Å². The van der Waals surface area contributed by atoms with Gasteiger partial charge in [0.25, 0.3) is 0 Å². The number of carbonyl (C=O) groups excluding carboxylic acids is 2. The van der Waals surface area contributed by atoms with E-state index in [1.54, 1.807) is 18.2 Å². The highest BCUT2D eigenvalue weighted by Gasteiger charge is 2.49. The van der Waals surface area contributed by atoms with Crippen molar-refractivity contribution in [2.24, 2.45) is 0 Å². The van der Waals surface area contributed by atoms with E-state index < -0.39 is 24.0 Å². The van der Waals surface area contributed by atoms with Crippen LogP contribution in [0.5, 0.6) is 0 Å². The van der Waals surface area contributed by atoms with Gasteiger partial charge in [-0.2, -0.15) is 13.2 Å². The molecular formula is C32H32Cl2F3N3O2. The van der Waals surface area contributed by atoms with Gasteiger partial charge in [-0.15, -0.1) is 0 Å². The van der Waals surface area contributed by atoms with Gasteiger partial charge in [0.2, 0.25) is 11.8 Å². The summed E-state index contributed by atoms with van der Waals surface area (Å²) in [7, 11) is 0. The maximum Gasteiger partial charge on any atom is 0.405 e. The minimum Gasteiger partial charge on any atom is -0.346 e. The number of nitrogens with zero attached hydrogens (tertiary/aromatic N) is 2. The number of amides is 2. The molecule has 3 aromatic rings. The third-order valence-corrected chi connectivity index (χ3v) is 8.98. The van der Waals surface area contributed by atoms with Crippen LogP contribution >= 0.6 is 23.2 Å². The summed E-state index contributed by atoms with van der Waals surface area (Å²) in [6.45, 7) is 2.10. The Hall–Kier alpha value is -3.07. The van der Waals surface area contributed by atoms with Crippen LogP contribution in [0.4, 0.5) is 13.2 Å². The normalized spacial score (nSPS) is 16.2. The first-order valence-electron chi connectivity index (χ1n) is 14.1. The molecule has 1 aliphatic carbocycles. The lowest BCUT2D eigenvalue weighted by atomic mass is 9.73. The SMILES string of the molecule is O=C(Cc1ccc(Cl)c(Cl)c1)N1CCN(CCCCC2(C(=O)NCC(F)(F)F)c3ccccc3-c3ccccc32)CC1. The molecule has 0 spiro atoms. The van der Waals surface area contributed by atoms with E-state index in [0.717, 1.165) is 53.9 Å². The molecular weight excluding hydrogens is 586 g/mol. The van der Waals surface area contributed by atoms with Crippen molar-refractivity contribution in [3.63, 3.8) is 0 Å². The largest absolute Gasteiger partial charge is 0.405 e. The summed E-state index contributed by atoms with van der Waals surface area (Å²) < 4.78 is 39.3. The molecule has 1 heterocycles. The summed E-state index contributed by atoms with van der Waals surface area (Å²) >= 11 is 12.1. The Morgan fingerprint density at radius 3 is 2.05 bits per heavy atom. The molecule has 1 aliphatic heterocycles. The van der Waals surface area contributed by atoms with E-state index in [1.807, 2.05) is 53.4 Å². The van der Waals surface area contributed by atoms with E-state index in [-0.39, 0.29) is 12.3 Å². The zero-order valence-corrected chi connectivity index (χ0v) is 24.5. The molecule has 2 aliphatic rings. The van der Waals surface area contributed by atoms with Crippen molar-refractivity contribution in [2.75, 3.05) is 39.3 Å². The Bertz CT molecular complexity index is 1410. The summed E-state index contributed by atoms with van der Waals surface area (Å²) in [5, 5.41) is 3.07. The first-order chi connectivity index (χ1) is 20.1. The van der Waals surface area contributed by atoms with E-state index in [2.05, 4.69) is 10.2 Å². The lowest BCUT2D eigenvalue weighted by Crippen LogP contribution is -2.49. The summed E-state index contributed by atoms with van der Waals surface area (Å²) in [6, 6.07) is 20.2. The molecule has 0 atom stereocenters. The third kappa shape index (κ3) is 6.46. The average Bonchev–Trinajstić information content (AvgIpc) is 3.26. The quantitative estimate of drug-likeness (QED) is 0.279. The first kappa shape index (κ1) is 30.4. The monoisotopic (exact) mass is 617 g/mol. The maximum atomic E-state index is 13.6. The standard InChI is InChI=1S/C32H32Cl2F3N3O2/c33-27-12-11-22(19-28(27)34)20-29(41)40-17-15-39(16-18-40)14-6-5-13-31(30(42)38-21-32(35,36)37)25-9-3-1-7-23(25)24-8-2-4-10-26(24)31/h1-4,7-12,19H,5-6,13-18,20-21H2,(H,38,42). The molecule has 5 rings (SSSR count). The van der Waals surface area contributed by atoms with Crippen LogP contribution in [0.25, 0.3) is 11.1 Å². The number of rotatable bonds is 9. The number of carbonyl (C=O) groups is 2. The van der Waals surface area contributed by atoms with E-state index in [1.165, 1.54) is 0 Å². The van der Waals surface area contributed by atoms with Gasteiger partial charge in [0, 0.05) is 26.2 Å². The molecule has 1 N–H and O–H groups in total. The molecule has 0 bridgehead atoms. The van der Waals surface area contributed by atoms with Crippen molar-refractivity contribution in [2.45, 2.75) is 37.3 Å². The van der Waals surface area contributed by atoms with Gasteiger partial charge in [-0.25, -0.2) is 0 Å². The molecule has 2 amide bonds. The zero-order chi connectivity index (χ0) is 29.9. The minimum absolute atomic E-state index is 0.0402. The fourth-order valence-electron chi connectivity index (χ4n) is 6.17. The molecule has 0 aromatic heterocycles. The van der Waals surface area contributed by atoms with Gasteiger partial charge < -0.3 is 10.2 Å². The highest BCUT2D eigenvalue weighted by Crippen LogP contribution is 2.51. The van der Waals surface area contributed by atoms with Crippen LogP contribution in [0.2, 0.25) is 10.0 Å². The van der Waals surface area contributed by atoms with Gasteiger partial charge in [-0.3, -0.25) is 14.5 Å². The molecule has 42 heavy (non-hydrogen) atoms. The third-order valence-electron chi connectivity index (χ3n) is 8.24. The van der Waals surface area contributed by atoms with Crippen molar-refractivity contribution in [1.82, 2.24) is 15.1 Å². The lowest BCUT2D eigenvalue weighted by Gasteiger charge is -2.35. The number of hydrogen-bond acceptors (Lipinski definition) is 3. The van der Waals surface area contributed by atoms with Crippen LogP contribution in [0.3, 0.4) is 0 Å². The van der Waals surface area contributed by atoms with Gasteiger partial charge in [0.15, 0.2) is 0 Å². The number of unbranched alkanes of at least 4 members (excludes halogenated alkanes) is 1. The zero-order valence-electron chi connectivity index (χ0n) is 23.0. The van der Waals surface area contributed by atoms with E-state index in [0.29, 0.717) is 36.0 Å². The molecule has 0 radical (unpaired) electrons. The summed E-state index contributed by atoms with van der Waals surface area (Å²) in [5.74, 6) is -0.579. The molecule has 0 saturated carbocycles. The fraction of sp³-hybridized carbons (Fsp3) is 0.375. The highest BCUT2D eigenvalue weighted by atomic mass is 35.5. The summed E-state index contributed by atoms with van der Waals surface area (Å²) in [5.41, 5.74) is 2.91. The smallest absolute Gasteiger partial charge is 0.346 e. The molecule has 222 valence electrons. The van der Waals surface area contributed by atoms with Gasteiger partial charge in [-0.05, 0) is 59.3 Å². The van der Waals surface area contributed by atoms with Gasteiger partial charge in [0.1, 0.15) is 12.0 Å². The Balaban J connectivity index is 1.20. The Morgan fingerprint density at radius 1 is 0.833 bits per heavy atom. The second-order valence-electron chi connectivity index (χ2n) is 10.9. The predicted octanol–water partition coefficient (Wildman–Crippen LogP) is 6.50. The lowest BCUT2D eigenvalue weighted by molar-refractivity contribution is -0.141. The Kier molecular flexibility index (Phi) is 9.16. The van der Waals surface area contributed by atoms with Crippen LogP contribution in [-0.4, -0.2) is 67.1 Å². The Labute approximate surface area is 253 Å². The van der Waals surface area contributed by atoms with E-state index in [9.17, 15) is 22.8 Å². The van der Waals surface area contributed by atoms with Crippen molar-refractivity contribution >= 4 is 35.0 Å². The Morgan fingerprint density at radius 2 is 1.45 bits per heavy atom. The number of nitrogens with one attached hydrogen (secondary N) is 1. The minimum atomic E-state index is -4.50. The van der Waals surface area contributed by atoms with Crippen LogP contribution in [0.1, 0.15) is 36.0 Å². The van der Waals surface area contributed by atoms with Gasteiger partial charge >= 0.3 is 6.18 Å². The van der Waals surface area contributed by atoms with Gasteiger partial charge in [-0.1, -0.05) is 84.2 Å². The first-order valence-corrected chi connectivity index (χ1v) is 14.8. The molecule has 1 fully saturated rings. The van der Waals surface area contributed by atoms with E-state index in [4.69, 9.17) is 23.2 Å². The molecule has 3 aromatic carbocycles.